The number of carbonyl (C=O) groups is 4. The molecule has 0 aliphatic carbocycles. The van der Waals surface area contributed by atoms with E-state index in [2.05, 4.69) is 21.3 Å². The van der Waals surface area contributed by atoms with Crippen molar-refractivity contribution in [1.29, 1.82) is 0 Å². The van der Waals surface area contributed by atoms with Gasteiger partial charge in [-0.05, 0) is 0 Å². The molecule has 0 aliphatic heterocycles. The number of rotatable bonds is 39. The fraction of sp³-hybridized carbons (Fsp3) is 0.882. The maximum atomic E-state index is 11.0. The molecule has 0 saturated carbocycles. The van der Waals surface area contributed by atoms with Gasteiger partial charge in [0.2, 0.25) is 23.6 Å². The molecule has 0 aliphatic rings. The first-order valence-corrected chi connectivity index (χ1v) is 18.0. The van der Waals surface area contributed by atoms with Crippen molar-refractivity contribution >= 4 is 23.6 Å². The minimum absolute atomic E-state index is 0.115. The Balaban J connectivity index is 4.83. The molecule has 19 heteroatoms. The molecule has 0 fully saturated rings. The van der Waals surface area contributed by atoms with Crippen LogP contribution in [-0.2, 0) is 71.3 Å². The summed E-state index contributed by atoms with van der Waals surface area (Å²) in [7, 11) is 1.56. The number of hydrogen-bond donors (Lipinski definition) is 4. The summed E-state index contributed by atoms with van der Waals surface area (Å²) in [6, 6.07) is 0. The largest absolute Gasteiger partial charge is 0.377 e. The van der Waals surface area contributed by atoms with Crippen LogP contribution in [0.1, 0.15) is 27.7 Å². The average molecular weight is 771 g/mol. The first kappa shape index (κ1) is 50.4. The molecular weight excluding hydrogens is 704 g/mol. The lowest BCUT2D eigenvalue weighted by atomic mass is 10.3. The van der Waals surface area contributed by atoms with Crippen molar-refractivity contribution in [3.8, 4) is 0 Å². The van der Waals surface area contributed by atoms with Gasteiger partial charge in [0.25, 0.3) is 0 Å². The lowest BCUT2D eigenvalue weighted by molar-refractivity contribution is -0.127. The fourth-order valence-corrected chi connectivity index (χ4v) is 3.90. The SMILES string of the molecule is COC(COC(COCCOCCNC(C)=O)COCCOCCNC(C)=O)COC(COCCOCCNC(C)=O)COCCOCCNC(C)=O. The third kappa shape index (κ3) is 39.0. The quantitative estimate of drug-likeness (QED) is 0.0521. The van der Waals surface area contributed by atoms with Crippen LogP contribution in [0.2, 0.25) is 0 Å². The maximum Gasteiger partial charge on any atom is 0.216 e. The van der Waals surface area contributed by atoms with Gasteiger partial charge in [0.05, 0.1) is 119 Å². The number of methoxy groups -OCH3 is 1. The van der Waals surface area contributed by atoms with Gasteiger partial charge in [-0.2, -0.15) is 0 Å². The van der Waals surface area contributed by atoms with E-state index in [9.17, 15) is 19.2 Å². The van der Waals surface area contributed by atoms with Crippen LogP contribution in [0.15, 0.2) is 0 Å². The van der Waals surface area contributed by atoms with Crippen LogP contribution in [0.3, 0.4) is 0 Å². The normalized spacial score (nSPS) is 11.4. The summed E-state index contributed by atoms with van der Waals surface area (Å²) in [5.74, 6) is -0.460. The van der Waals surface area contributed by atoms with Gasteiger partial charge in [0.15, 0.2) is 0 Å². The van der Waals surface area contributed by atoms with E-state index in [4.69, 9.17) is 52.1 Å². The van der Waals surface area contributed by atoms with Crippen molar-refractivity contribution in [3.63, 3.8) is 0 Å². The molecule has 53 heavy (non-hydrogen) atoms. The lowest BCUT2D eigenvalue weighted by Crippen LogP contribution is -2.36. The van der Waals surface area contributed by atoms with Crippen LogP contribution in [0.25, 0.3) is 0 Å². The highest BCUT2D eigenvalue weighted by molar-refractivity contribution is 5.73. The summed E-state index contributed by atoms with van der Waals surface area (Å²) >= 11 is 0. The smallest absolute Gasteiger partial charge is 0.216 e. The molecule has 312 valence electrons. The lowest BCUT2D eigenvalue weighted by Gasteiger charge is -2.24. The maximum absolute atomic E-state index is 11.0. The molecule has 0 aromatic carbocycles. The van der Waals surface area contributed by atoms with Crippen LogP contribution in [0.4, 0.5) is 0 Å². The third-order valence-corrected chi connectivity index (χ3v) is 6.55. The Labute approximate surface area is 314 Å². The molecule has 19 nitrogen and oxygen atoms in total. The molecule has 0 unspecified atom stereocenters. The van der Waals surface area contributed by atoms with Crippen LogP contribution in [-0.4, -0.2) is 194 Å². The van der Waals surface area contributed by atoms with Gasteiger partial charge >= 0.3 is 0 Å². The molecule has 0 spiro atoms. The minimum Gasteiger partial charge on any atom is -0.377 e. The molecule has 0 heterocycles. The summed E-state index contributed by atoms with van der Waals surface area (Å²) in [4.78, 5) is 43.9. The Hall–Kier alpha value is -2.56. The van der Waals surface area contributed by atoms with E-state index in [1.54, 1.807) is 7.11 Å². The van der Waals surface area contributed by atoms with E-state index in [-0.39, 0.29) is 63.3 Å². The summed E-state index contributed by atoms with van der Waals surface area (Å²) in [5, 5.41) is 10.7. The Kier molecular flexibility index (Phi) is 35.9. The Morgan fingerprint density at radius 3 is 0.830 bits per heavy atom. The molecule has 4 amide bonds. The van der Waals surface area contributed by atoms with Gasteiger partial charge in [0, 0.05) is 61.0 Å². The van der Waals surface area contributed by atoms with E-state index in [0.29, 0.717) is 105 Å². The van der Waals surface area contributed by atoms with Gasteiger partial charge in [0.1, 0.15) is 18.3 Å². The van der Waals surface area contributed by atoms with E-state index in [1.165, 1.54) is 27.7 Å². The van der Waals surface area contributed by atoms with Crippen molar-refractivity contribution in [3.05, 3.63) is 0 Å². The Bertz CT molecular complexity index is 778. The number of hydrogen-bond acceptors (Lipinski definition) is 15. The topological polar surface area (TPSA) is 218 Å². The molecule has 0 atom stereocenters. The molecule has 4 N–H and O–H groups in total. The van der Waals surface area contributed by atoms with Crippen molar-refractivity contribution in [2.75, 3.05) is 152 Å². The standard InChI is InChI=1S/C34H66N4O15/c1-28(39)35-6-10-44-14-18-48-22-33(23-49-19-15-45-11-7-36-29(2)40)52-26-32(43-5)27-53-34(24-50-20-16-46-12-8-37-30(3)41)25-51-21-17-47-13-9-38-31(4)42/h32-34H,6-27H2,1-5H3,(H,35,39)(H,36,40)(H,37,41)(H,38,42). The average Bonchev–Trinajstić information content (AvgIpc) is 3.11. The third-order valence-electron chi connectivity index (χ3n) is 6.55. The van der Waals surface area contributed by atoms with Crippen molar-refractivity contribution < 1.29 is 71.3 Å². The van der Waals surface area contributed by atoms with Gasteiger partial charge in [-0.3, -0.25) is 19.2 Å². The van der Waals surface area contributed by atoms with Crippen LogP contribution < -0.4 is 21.3 Å². The molecule has 0 radical (unpaired) electrons. The number of carbonyl (C=O) groups excluding carboxylic acids is 4. The molecule has 0 saturated heterocycles. The van der Waals surface area contributed by atoms with Crippen molar-refractivity contribution in [1.82, 2.24) is 21.3 Å². The fourth-order valence-electron chi connectivity index (χ4n) is 3.90. The predicted molar refractivity (Wildman–Crippen MR) is 192 cm³/mol. The van der Waals surface area contributed by atoms with E-state index in [0.717, 1.165) is 0 Å². The van der Waals surface area contributed by atoms with Crippen LogP contribution >= 0.6 is 0 Å². The van der Waals surface area contributed by atoms with Crippen LogP contribution in [0.5, 0.6) is 0 Å². The first-order valence-electron chi connectivity index (χ1n) is 18.0. The number of ether oxygens (including phenoxy) is 11. The zero-order valence-electron chi connectivity index (χ0n) is 32.4. The summed E-state index contributed by atoms with van der Waals surface area (Å²) < 4.78 is 62.8. The minimum atomic E-state index is -0.427. The predicted octanol–water partition coefficient (Wildman–Crippen LogP) is -1.55. The summed E-state index contributed by atoms with van der Waals surface area (Å²) in [6.07, 6.45) is -1.28. The summed E-state index contributed by atoms with van der Waals surface area (Å²) in [6.45, 7) is 13.0. The van der Waals surface area contributed by atoms with Crippen molar-refractivity contribution in [2.45, 2.75) is 46.0 Å². The second-order valence-electron chi connectivity index (χ2n) is 11.4. The number of amides is 4. The summed E-state index contributed by atoms with van der Waals surface area (Å²) in [5.41, 5.74) is 0. The highest BCUT2D eigenvalue weighted by atomic mass is 16.6. The molecule has 0 aromatic rings. The Morgan fingerprint density at radius 1 is 0.358 bits per heavy atom. The molecule has 0 aromatic heterocycles. The van der Waals surface area contributed by atoms with E-state index < -0.39 is 18.3 Å². The first-order chi connectivity index (χ1) is 25.6. The van der Waals surface area contributed by atoms with Crippen molar-refractivity contribution in [2.24, 2.45) is 0 Å². The zero-order valence-corrected chi connectivity index (χ0v) is 32.4. The van der Waals surface area contributed by atoms with Gasteiger partial charge < -0.3 is 73.4 Å². The highest BCUT2D eigenvalue weighted by Gasteiger charge is 2.18. The van der Waals surface area contributed by atoms with Crippen LogP contribution in [0, 0.1) is 0 Å². The molecular formula is C34H66N4O15. The van der Waals surface area contributed by atoms with Gasteiger partial charge in [-0.15, -0.1) is 0 Å². The van der Waals surface area contributed by atoms with Gasteiger partial charge in [-0.25, -0.2) is 0 Å². The number of nitrogens with one attached hydrogen (secondary N) is 4. The second kappa shape index (κ2) is 37.7. The molecule has 0 rings (SSSR count). The monoisotopic (exact) mass is 770 g/mol. The van der Waals surface area contributed by atoms with E-state index >= 15 is 0 Å². The highest BCUT2D eigenvalue weighted by Crippen LogP contribution is 2.04. The Morgan fingerprint density at radius 2 is 0.604 bits per heavy atom. The molecule has 0 bridgehead atoms. The van der Waals surface area contributed by atoms with E-state index in [1.807, 2.05) is 0 Å². The second-order valence-corrected chi connectivity index (χ2v) is 11.4. The van der Waals surface area contributed by atoms with Gasteiger partial charge in [-0.1, -0.05) is 0 Å². The zero-order chi connectivity index (χ0) is 39.2.